The second-order valence-electron chi connectivity index (χ2n) is 7.45. The van der Waals surface area contributed by atoms with Gasteiger partial charge in [0.05, 0.1) is 29.0 Å². The number of benzene rings is 2. The number of halogens is 2. The number of amides is 2. The number of carbonyl (C=O) groups is 2. The van der Waals surface area contributed by atoms with Crippen LogP contribution in [0, 0.1) is 5.82 Å². The number of rotatable bonds is 5. The zero-order valence-corrected chi connectivity index (χ0v) is 17.5. The van der Waals surface area contributed by atoms with Crippen LogP contribution in [0.3, 0.4) is 0 Å². The molecule has 160 valence electrons. The SMILES string of the molecule is O=C(CC1C(=O)N(Cc2cccnc2)c2nc3ccccc3n21)Nc1ccc(F)c(Cl)c1. The van der Waals surface area contributed by atoms with Crippen LogP contribution < -0.4 is 10.2 Å². The molecule has 1 atom stereocenters. The van der Waals surface area contributed by atoms with Gasteiger partial charge in [-0.15, -0.1) is 0 Å². The fraction of sp³-hybridized carbons (Fsp3) is 0.130. The highest BCUT2D eigenvalue weighted by Gasteiger charge is 2.40. The summed E-state index contributed by atoms with van der Waals surface area (Å²) >= 11 is 5.80. The number of pyridine rings is 1. The first-order valence-corrected chi connectivity index (χ1v) is 10.3. The molecule has 32 heavy (non-hydrogen) atoms. The van der Waals surface area contributed by atoms with Gasteiger partial charge >= 0.3 is 0 Å². The fourth-order valence-electron chi connectivity index (χ4n) is 3.88. The normalized spacial score (nSPS) is 15.2. The first-order valence-electron chi connectivity index (χ1n) is 9.93. The van der Waals surface area contributed by atoms with Gasteiger partial charge in [0, 0.05) is 18.1 Å². The van der Waals surface area contributed by atoms with Crippen LogP contribution in [0.15, 0.2) is 67.0 Å². The summed E-state index contributed by atoms with van der Waals surface area (Å²) in [6.45, 7) is 0.293. The van der Waals surface area contributed by atoms with Crippen LogP contribution in [-0.2, 0) is 16.1 Å². The molecule has 1 aliphatic heterocycles. The van der Waals surface area contributed by atoms with Crippen LogP contribution in [0.5, 0.6) is 0 Å². The summed E-state index contributed by atoms with van der Waals surface area (Å²) in [4.78, 5) is 36.5. The number of hydrogen-bond donors (Lipinski definition) is 1. The number of anilines is 2. The number of imidazole rings is 1. The first-order chi connectivity index (χ1) is 15.5. The van der Waals surface area contributed by atoms with Crippen molar-refractivity contribution in [1.29, 1.82) is 0 Å². The molecule has 2 aromatic heterocycles. The molecular formula is C23H17ClFN5O2. The Balaban J connectivity index is 1.46. The number of para-hydroxylation sites is 2. The zero-order valence-electron chi connectivity index (χ0n) is 16.7. The number of aromatic nitrogens is 3. The lowest BCUT2D eigenvalue weighted by Gasteiger charge is -2.16. The average Bonchev–Trinajstić information content (AvgIpc) is 3.28. The summed E-state index contributed by atoms with van der Waals surface area (Å²) in [5, 5.41) is 2.60. The molecule has 2 aromatic carbocycles. The summed E-state index contributed by atoms with van der Waals surface area (Å²) in [7, 11) is 0. The maximum Gasteiger partial charge on any atom is 0.253 e. The molecule has 0 saturated heterocycles. The van der Waals surface area contributed by atoms with Gasteiger partial charge in [-0.1, -0.05) is 29.8 Å². The second-order valence-corrected chi connectivity index (χ2v) is 7.86. The van der Waals surface area contributed by atoms with Crippen LogP contribution in [-0.4, -0.2) is 26.3 Å². The van der Waals surface area contributed by atoms with Gasteiger partial charge in [-0.25, -0.2) is 9.37 Å². The van der Waals surface area contributed by atoms with E-state index in [0.717, 1.165) is 16.6 Å². The third-order valence-electron chi connectivity index (χ3n) is 5.33. The number of nitrogens with zero attached hydrogens (tertiary/aromatic N) is 4. The van der Waals surface area contributed by atoms with Crippen LogP contribution >= 0.6 is 11.6 Å². The lowest BCUT2D eigenvalue weighted by Crippen LogP contribution is -2.31. The number of hydrogen-bond acceptors (Lipinski definition) is 4. The molecular weight excluding hydrogens is 433 g/mol. The van der Waals surface area contributed by atoms with Crippen molar-refractivity contribution in [1.82, 2.24) is 14.5 Å². The third kappa shape index (κ3) is 3.58. The van der Waals surface area contributed by atoms with Crippen LogP contribution in [0.4, 0.5) is 16.0 Å². The van der Waals surface area contributed by atoms with Crippen molar-refractivity contribution in [2.75, 3.05) is 10.2 Å². The monoisotopic (exact) mass is 449 g/mol. The van der Waals surface area contributed by atoms with Gasteiger partial charge < -0.3 is 5.32 Å². The molecule has 0 radical (unpaired) electrons. The Morgan fingerprint density at radius 3 is 2.78 bits per heavy atom. The van der Waals surface area contributed by atoms with Crippen LogP contribution in [0.25, 0.3) is 11.0 Å². The van der Waals surface area contributed by atoms with E-state index in [4.69, 9.17) is 11.6 Å². The fourth-order valence-corrected chi connectivity index (χ4v) is 4.06. The highest BCUT2D eigenvalue weighted by Crippen LogP contribution is 2.37. The molecule has 7 nitrogen and oxygen atoms in total. The maximum absolute atomic E-state index is 13.4. The van der Waals surface area contributed by atoms with E-state index >= 15 is 0 Å². The molecule has 1 aliphatic rings. The van der Waals surface area contributed by atoms with Gasteiger partial charge in [0.25, 0.3) is 5.91 Å². The van der Waals surface area contributed by atoms with Crippen molar-refractivity contribution >= 4 is 46.1 Å². The molecule has 5 rings (SSSR count). The van der Waals surface area contributed by atoms with E-state index < -0.39 is 17.8 Å². The predicted octanol–water partition coefficient (Wildman–Crippen LogP) is 4.34. The van der Waals surface area contributed by atoms with Crippen molar-refractivity contribution in [2.45, 2.75) is 19.0 Å². The first kappa shape index (κ1) is 20.1. The highest BCUT2D eigenvalue weighted by atomic mass is 35.5. The molecule has 0 saturated carbocycles. The van der Waals surface area contributed by atoms with E-state index in [1.165, 1.54) is 18.2 Å². The topological polar surface area (TPSA) is 80.1 Å². The van der Waals surface area contributed by atoms with E-state index in [-0.39, 0.29) is 17.4 Å². The Morgan fingerprint density at radius 2 is 2.00 bits per heavy atom. The molecule has 0 fully saturated rings. The van der Waals surface area contributed by atoms with Crippen LogP contribution in [0.2, 0.25) is 5.02 Å². The molecule has 9 heteroatoms. The maximum atomic E-state index is 13.4. The molecule has 2 amide bonds. The van der Waals surface area contributed by atoms with Gasteiger partial charge in [0.2, 0.25) is 11.9 Å². The van der Waals surface area contributed by atoms with Gasteiger partial charge in [-0.2, -0.15) is 0 Å². The Morgan fingerprint density at radius 1 is 1.16 bits per heavy atom. The standard InChI is InChI=1S/C23H17ClFN5O2/c24-16-10-15(7-8-17(16)25)27-21(31)11-20-22(32)29(13-14-4-3-9-26-12-14)23-28-18-5-1-2-6-19(18)30(20)23/h1-10,12,20H,11,13H2,(H,27,31). The number of carbonyl (C=O) groups excluding carboxylic acids is 2. The van der Waals surface area contributed by atoms with Crippen molar-refractivity contribution in [3.63, 3.8) is 0 Å². The minimum absolute atomic E-state index is 0.0923. The second kappa shape index (κ2) is 8.05. The molecule has 1 unspecified atom stereocenters. The summed E-state index contributed by atoms with van der Waals surface area (Å²) in [5.74, 6) is -0.703. The van der Waals surface area contributed by atoms with Crippen LogP contribution in [0.1, 0.15) is 18.0 Å². The Bertz CT molecular complexity index is 1340. The summed E-state index contributed by atoms with van der Waals surface area (Å²) in [5.41, 5.74) is 2.72. The van der Waals surface area contributed by atoms with Crippen molar-refractivity contribution < 1.29 is 14.0 Å². The zero-order chi connectivity index (χ0) is 22.2. The highest BCUT2D eigenvalue weighted by molar-refractivity contribution is 6.31. The van der Waals surface area contributed by atoms with Crippen molar-refractivity contribution in [3.05, 3.63) is 83.4 Å². The third-order valence-corrected chi connectivity index (χ3v) is 5.62. The average molecular weight is 450 g/mol. The van der Waals surface area contributed by atoms with E-state index in [1.807, 2.05) is 30.3 Å². The summed E-state index contributed by atoms with van der Waals surface area (Å²) in [6, 6.07) is 14.3. The summed E-state index contributed by atoms with van der Waals surface area (Å²) < 4.78 is 15.2. The van der Waals surface area contributed by atoms with Gasteiger partial charge in [0.1, 0.15) is 11.9 Å². The Hall–Kier alpha value is -3.78. The van der Waals surface area contributed by atoms with Gasteiger partial charge in [-0.05, 0) is 42.0 Å². The molecule has 4 aromatic rings. The van der Waals surface area contributed by atoms with Crippen molar-refractivity contribution in [2.24, 2.45) is 0 Å². The molecule has 3 heterocycles. The molecule has 0 spiro atoms. The molecule has 1 N–H and O–H groups in total. The Labute approximate surface area is 187 Å². The minimum Gasteiger partial charge on any atom is -0.326 e. The van der Waals surface area contributed by atoms with E-state index in [9.17, 15) is 14.0 Å². The van der Waals surface area contributed by atoms with E-state index in [1.54, 1.807) is 27.9 Å². The largest absolute Gasteiger partial charge is 0.326 e. The molecule has 0 bridgehead atoms. The smallest absolute Gasteiger partial charge is 0.253 e. The van der Waals surface area contributed by atoms with Gasteiger partial charge in [0.15, 0.2) is 0 Å². The number of nitrogens with one attached hydrogen (secondary N) is 1. The number of fused-ring (bicyclic) bond motifs is 3. The predicted molar refractivity (Wildman–Crippen MR) is 119 cm³/mol. The quantitative estimate of drug-likeness (QED) is 0.491. The lowest BCUT2D eigenvalue weighted by atomic mass is 10.1. The summed E-state index contributed by atoms with van der Waals surface area (Å²) in [6.07, 6.45) is 3.25. The molecule has 0 aliphatic carbocycles. The Kier molecular flexibility index (Phi) is 5.07. The van der Waals surface area contributed by atoms with Gasteiger partial charge in [-0.3, -0.25) is 24.0 Å². The van der Waals surface area contributed by atoms with E-state index in [2.05, 4.69) is 15.3 Å². The minimum atomic E-state index is -0.759. The lowest BCUT2D eigenvalue weighted by molar-refractivity contribution is -0.124. The van der Waals surface area contributed by atoms with E-state index in [0.29, 0.717) is 18.2 Å². The van der Waals surface area contributed by atoms with Crippen molar-refractivity contribution in [3.8, 4) is 0 Å².